The SMILES string of the molecule is NC(Cc1cccc(Cl)c1F)C1CCc2cccnc21. The number of fused-ring (bicyclic) bond motifs is 1. The molecule has 104 valence electrons. The Balaban J connectivity index is 1.81. The molecule has 3 rings (SSSR count). The van der Waals surface area contributed by atoms with E-state index < -0.39 is 0 Å². The Morgan fingerprint density at radius 1 is 1.35 bits per heavy atom. The molecule has 4 heteroatoms. The van der Waals surface area contributed by atoms with Gasteiger partial charge in [0.25, 0.3) is 0 Å². The van der Waals surface area contributed by atoms with E-state index in [1.54, 1.807) is 24.4 Å². The van der Waals surface area contributed by atoms with E-state index in [-0.39, 0.29) is 22.8 Å². The molecule has 2 aromatic rings. The summed E-state index contributed by atoms with van der Waals surface area (Å²) >= 11 is 5.81. The van der Waals surface area contributed by atoms with Gasteiger partial charge in [-0.2, -0.15) is 0 Å². The van der Waals surface area contributed by atoms with E-state index in [0.717, 1.165) is 18.5 Å². The second-order valence-corrected chi connectivity index (χ2v) is 5.68. The highest BCUT2D eigenvalue weighted by atomic mass is 35.5. The average molecular weight is 291 g/mol. The smallest absolute Gasteiger partial charge is 0.145 e. The van der Waals surface area contributed by atoms with Crippen LogP contribution in [0.5, 0.6) is 0 Å². The number of rotatable bonds is 3. The van der Waals surface area contributed by atoms with Gasteiger partial charge in [0.05, 0.1) is 5.02 Å². The van der Waals surface area contributed by atoms with Crippen molar-refractivity contribution in [1.82, 2.24) is 4.98 Å². The van der Waals surface area contributed by atoms with Gasteiger partial charge >= 0.3 is 0 Å². The van der Waals surface area contributed by atoms with E-state index in [9.17, 15) is 4.39 Å². The summed E-state index contributed by atoms with van der Waals surface area (Å²) in [6.45, 7) is 0. The van der Waals surface area contributed by atoms with Crippen molar-refractivity contribution in [2.24, 2.45) is 5.73 Å². The number of aromatic nitrogens is 1. The van der Waals surface area contributed by atoms with E-state index in [2.05, 4.69) is 11.1 Å². The maximum absolute atomic E-state index is 13.9. The Morgan fingerprint density at radius 2 is 2.20 bits per heavy atom. The Hall–Kier alpha value is -1.45. The summed E-state index contributed by atoms with van der Waals surface area (Å²) in [5, 5.41) is 0.152. The Morgan fingerprint density at radius 3 is 3.05 bits per heavy atom. The minimum Gasteiger partial charge on any atom is -0.327 e. The van der Waals surface area contributed by atoms with Crippen LogP contribution in [0, 0.1) is 5.82 Å². The summed E-state index contributed by atoms with van der Waals surface area (Å²) in [5.41, 5.74) is 9.21. The van der Waals surface area contributed by atoms with E-state index in [1.807, 2.05) is 6.07 Å². The van der Waals surface area contributed by atoms with Crippen LogP contribution in [0.1, 0.15) is 29.2 Å². The summed E-state index contributed by atoms with van der Waals surface area (Å²) in [6.07, 6.45) is 4.26. The third kappa shape index (κ3) is 2.43. The maximum atomic E-state index is 13.9. The van der Waals surface area contributed by atoms with Crippen molar-refractivity contribution in [3.8, 4) is 0 Å². The lowest BCUT2D eigenvalue weighted by Gasteiger charge is -2.20. The largest absolute Gasteiger partial charge is 0.327 e. The molecule has 0 radical (unpaired) electrons. The fourth-order valence-electron chi connectivity index (χ4n) is 2.96. The number of nitrogens with zero attached hydrogens (tertiary/aromatic N) is 1. The van der Waals surface area contributed by atoms with Crippen molar-refractivity contribution in [3.63, 3.8) is 0 Å². The second kappa shape index (κ2) is 5.51. The molecule has 2 nitrogen and oxygen atoms in total. The normalized spacial score (nSPS) is 18.9. The average Bonchev–Trinajstić information content (AvgIpc) is 2.88. The zero-order valence-electron chi connectivity index (χ0n) is 11.0. The lowest BCUT2D eigenvalue weighted by molar-refractivity contribution is 0.503. The molecule has 0 amide bonds. The summed E-state index contributed by atoms with van der Waals surface area (Å²) in [7, 11) is 0. The van der Waals surface area contributed by atoms with Crippen LogP contribution in [-0.4, -0.2) is 11.0 Å². The molecule has 20 heavy (non-hydrogen) atoms. The van der Waals surface area contributed by atoms with E-state index in [1.165, 1.54) is 5.56 Å². The highest BCUT2D eigenvalue weighted by molar-refractivity contribution is 6.30. The van der Waals surface area contributed by atoms with Crippen LogP contribution in [0.3, 0.4) is 0 Å². The number of halogens is 2. The van der Waals surface area contributed by atoms with Crippen molar-refractivity contribution >= 4 is 11.6 Å². The molecule has 2 N–H and O–H groups in total. The molecule has 1 aliphatic rings. The zero-order chi connectivity index (χ0) is 14.1. The Labute approximate surface area is 122 Å². The van der Waals surface area contributed by atoms with Gasteiger partial charge in [-0.05, 0) is 42.5 Å². The van der Waals surface area contributed by atoms with Gasteiger partial charge in [-0.3, -0.25) is 4.98 Å². The van der Waals surface area contributed by atoms with Crippen LogP contribution in [-0.2, 0) is 12.8 Å². The summed E-state index contributed by atoms with van der Waals surface area (Å²) in [4.78, 5) is 4.44. The van der Waals surface area contributed by atoms with Gasteiger partial charge in [0, 0.05) is 23.9 Å². The third-order valence-corrected chi connectivity index (χ3v) is 4.30. The Bertz CT molecular complexity index is 630. The molecule has 1 aromatic heterocycles. The third-order valence-electron chi connectivity index (χ3n) is 4.01. The van der Waals surface area contributed by atoms with Gasteiger partial charge in [-0.15, -0.1) is 0 Å². The lowest BCUT2D eigenvalue weighted by atomic mass is 9.92. The predicted molar refractivity (Wildman–Crippen MR) is 78.4 cm³/mol. The molecule has 2 unspecified atom stereocenters. The molecular formula is C16H16ClFN2. The first-order valence-electron chi connectivity index (χ1n) is 6.79. The summed E-state index contributed by atoms with van der Waals surface area (Å²) in [5.74, 6) is -0.159. The van der Waals surface area contributed by atoms with Gasteiger partial charge in [0.2, 0.25) is 0 Å². The van der Waals surface area contributed by atoms with E-state index in [0.29, 0.717) is 12.0 Å². The maximum Gasteiger partial charge on any atom is 0.145 e. The van der Waals surface area contributed by atoms with Gasteiger partial charge in [0.15, 0.2) is 0 Å². The summed E-state index contributed by atoms with van der Waals surface area (Å²) < 4.78 is 13.9. The molecule has 0 aliphatic heterocycles. The first-order valence-corrected chi connectivity index (χ1v) is 7.17. The minimum absolute atomic E-state index is 0.140. The fraction of sp³-hybridized carbons (Fsp3) is 0.312. The molecule has 1 heterocycles. The number of aryl methyl sites for hydroxylation is 1. The van der Waals surface area contributed by atoms with Crippen molar-refractivity contribution in [2.45, 2.75) is 31.2 Å². The molecule has 0 spiro atoms. The van der Waals surface area contributed by atoms with Crippen LogP contribution < -0.4 is 5.73 Å². The number of benzene rings is 1. The summed E-state index contributed by atoms with van der Waals surface area (Å²) in [6, 6.07) is 8.96. The van der Waals surface area contributed by atoms with Gasteiger partial charge in [-0.25, -0.2) is 4.39 Å². The number of hydrogen-bond donors (Lipinski definition) is 1. The standard InChI is InChI=1S/C16H16ClFN2/c17-13-5-1-3-11(15(13)18)9-14(19)12-7-6-10-4-2-8-20-16(10)12/h1-5,8,12,14H,6-7,9,19H2. The quantitative estimate of drug-likeness (QED) is 0.940. The molecule has 1 aromatic carbocycles. The highest BCUT2D eigenvalue weighted by Crippen LogP contribution is 2.34. The van der Waals surface area contributed by atoms with Gasteiger partial charge < -0.3 is 5.73 Å². The highest BCUT2D eigenvalue weighted by Gasteiger charge is 2.29. The molecule has 0 fully saturated rings. The van der Waals surface area contributed by atoms with Crippen LogP contribution in [0.25, 0.3) is 0 Å². The molecule has 0 saturated carbocycles. The molecule has 0 bridgehead atoms. The molecular weight excluding hydrogens is 275 g/mol. The van der Waals surface area contributed by atoms with Crippen LogP contribution >= 0.6 is 11.6 Å². The number of nitrogens with two attached hydrogens (primary N) is 1. The van der Waals surface area contributed by atoms with Gasteiger partial charge in [-0.1, -0.05) is 29.8 Å². The number of hydrogen-bond acceptors (Lipinski definition) is 2. The Kier molecular flexibility index (Phi) is 3.72. The van der Waals surface area contributed by atoms with Crippen molar-refractivity contribution in [1.29, 1.82) is 0 Å². The van der Waals surface area contributed by atoms with E-state index in [4.69, 9.17) is 17.3 Å². The van der Waals surface area contributed by atoms with Crippen molar-refractivity contribution in [2.75, 3.05) is 0 Å². The monoisotopic (exact) mass is 290 g/mol. The van der Waals surface area contributed by atoms with E-state index >= 15 is 0 Å². The minimum atomic E-state index is -0.358. The molecule has 1 aliphatic carbocycles. The van der Waals surface area contributed by atoms with Crippen LogP contribution in [0.4, 0.5) is 4.39 Å². The topological polar surface area (TPSA) is 38.9 Å². The van der Waals surface area contributed by atoms with Gasteiger partial charge in [0.1, 0.15) is 5.82 Å². The van der Waals surface area contributed by atoms with Crippen molar-refractivity contribution in [3.05, 3.63) is 64.2 Å². The first-order chi connectivity index (χ1) is 9.66. The van der Waals surface area contributed by atoms with Crippen molar-refractivity contribution < 1.29 is 4.39 Å². The predicted octanol–water partition coefficient (Wildman–Crippen LogP) is 3.47. The first kappa shape index (κ1) is 13.5. The fourth-order valence-corrected chi connectivity index (χ4v) is 3.16. The lowest BCUT2D eigenvalue weighted by Crippen LogP contribution is -2.30. The second-order valence-electron chi connectivity index (χ2n) is 5.27. The van der Waals surface area contributed by atoms with Crippen LogP contribution in [0.2, 0.25) is 5.02 Å². The zero-order valence-corrected chi connectivity index (χ0v) is 11.8. The molecule has 0 saturated heterocycles. The molecule has 2 atom stereocenters. The number of pyridine rings is 1. The van der Waals surface area contributed by atoms with Crippen LogP contribution in [0.15, 0.2) is 36.5 Å².